The number of hydrogen-bond donors (Lipinski definition) is 2. The molecule has 1 atom stereocenters. The molecule has 158 valence electrons. The highest BCUT2D eigenvalue weighted by Gasteiger charge is 2.35. The molecule has 0 aliphatic carbocycles. The van der Waals surface area contributed by atoms with Crippen molar-refractivity contribution in [3.05, 3.63) is 58.7 Å². The molecule has 0 bridgehead atoms. The Morgan fingerprint density at radius 2 is 1.93 bits per heavy atom. The highest BCUT2D eigenvalue weighted by Crippen LogP contribution is 2.38. The highest BCUT2D eigenvalue weighted by molar-refractivity contribution is 6.61. The minimum absolute atomic E-state index is 0.142. The Balaban J connectivity index is 1.72. The van der Waals surface area contributed by atoms with Gasteiger partial charge < -0.3 is 19.7 Å². The van der Waals surface area contributed by atoms with E-state index in [1.54, 1.807) is 0 Å². The Hall–Kier alpha value is -2.64. The molecular formula is C23H28BNO5. The van der Waals surface area contributed by atoms with E-state index in [2.05, 4.69) is 5.32 Å². The van der Waals surface area contributed by atoms with Crippen LogP contribution >= 0.6 is 0 Å². The van der Waals surface area contributed by atoms with Crippen LogP contribution < -0.4 is 15.5 Å². The lowest BCUT2D eigenvalue weighted by molar-refractivity contribution is -0.131. The van der Waals surface area contributed by atoms with E-state index < -0.39 is 18.5 Å². The lowest BCUT2D eigenvalue weighted by atomic mass is 9.78. The van der Waals surface area contributed by atoms with Crippen LogP contribution in [0, 0.1) is 13.8 Å². The van der Waals surface area contributed by atoms with Gasteiger partial charge in [-0.2, -0.15) is 0 Å². The van der Waals surface area contributed by atoms with Gasteiger partial charge in [-0.3, -0.25) is 9.59 Å². The molecule has 1 heterocycles. The molecule has 0 saturated carbocycles. The molecule has 1 amide bonds. The Morgan fingerprint density at radius 1 is 1.23 bits per heavy atom. The maximum Gasteiger partial charge on any atom is 0.492 e. The SMILES string of the molecule is CC(=O)Oc1cc(C)cc(C)c1C(C)(C)CC(=O)NCC1OB(O)c2ccccc21. The Labute approximate surface area is 177 Å². The molecule has 2 N–H and O–H groups in total. The Bertz CT molecular complexity index is 972. The zero-order valence-corrected chi connectivity index (χ0v) is 18.1. The van der Waals surface area contributed by atoms with Gasteiger partial charge >= 0.3 is 13.1 Å². The van der Waals surface area contributed by atoms with Crippen molar-refractivity contribution in [2.45, 2.75) is 52.6 Å². The van der Waals surface area contributed by atoms with Crippen LogP contribution in [0.2, 0.25) is 0 Å². The predicted octanol–water partition coefficient (Wildman–Crippen LogP) is 2.47. The maximum atomic E-state index is 12.8. The van der Waals surface area contributed by atoms with Gasteiger partial charge in [0.2, 0.25) is 5.91 Å². The smallest absolute Gasteiger partial charge is 0.426 e. The van der Waals surface area contributed by atoms with Gasteiger partial charge in [0.1, 0.15) is 5.75 Å². The van der Waals surface area contributed by atoms with Crippen molar-refractivity contribution < 1.29 is 24.0 Å². The van der Waals surface area contributed by atoms with Crippen molar-refractivity contribution in [3.8, 4) is 5.75 Å². The van der Waals surface area contributed by atoms with Crippen LogP contribution in [-0.4, -0.2) is 30.6 Å². The molecule has 0 spiro atoms. The van der Waals surface area contributed by atoms with Crippen molar-refractivity contribution in [1.82, 2.24) is 5.32 Å². The van der Waals surface area contributed by atoms with Gasteiger partial charge in [-0.1, -0.05) is 44.2 Å². The molecule has 0 saturated heterocycles. The van der Waals surface area contributed by atoms with E-state index in [-0.39, 0.29) is 25.0 Å². The minimum Gasteiger partial charge on any atom is -0.426 e. The summed E-state index contributed by atoms with van der Waals surface area (Å²) in [6, 6.07) is 11.3. The monoisotopic (exact) mass is 409 g/mol. The van der Waals surface area contributed by atoms with Crippen molar-refractivity contribution in [1.29, 1.82) is 0 Å². The van der Waals surface area contributed by atoms with Crippen LogP contribution in [0.3, 0.4) is 0 Å². The molecule has 7 heteroatoms. The number of ether oxygens (including phenoxy) is 1. The van der Waals surface area contributed by atoms with E-state index in [4.69, 9.17) is 9.39 Å². The first kappa shape index (κ1) is 22.1. The van der Waals surface area contributed by atoms with Crippen LogP contribution in [0.4, 0.5) is 0 Å². The number of rotatable bonds is 6. The fourth-order valence-corrected chi connectivity index (χ4v) is 4.28. The molecule has 2 aromatic carbocycles. The molecule has 0 aromatic heterocycles. The lowest BCUT2D eigenvalue weighted by Gasteiger charge is -2.29. The summed E-state index contributed by atoms with van der Waals surface area (Å²) in [5.41, 5.74) is 3.87. The van der Waals surface area contributed by atoms with Crippen molar-refractivity contribution in [3.63, 3.8) is 0 Å². The van der Waals surface area contributed by atoms with Gasteiger partial charge in [0, 0.05) is 30.9 Å². The van der Waals surface area contributed by atoms with E-state index in [1.807, 2.05) is 64.1 Å². The summed E-state index contributed by atoms with van der Waals surface area (Å²) >= 11 is 0. The predicted molar refractivity (Wildman–Crippen MR) is 116 cm³/mol. The minimum atomic E-state index is -0.971. The topological polar surface area (TPSA) is 84.9 Å². The summed E-state index contributed by atoms with van der Waals surface area (Å²) in [6.45, 7) is 9.46. The number of esters is 1. The molecule has 0 fully saturated rings. The van der Waals surface area contributed by atoms with Crippen LogP contribution in [0.15, 0.2) is 36.4 Å². The summed E-state index contributed by atoms with van der Waals surface area (Å²) < 4.78 is 11.0. The number of benzene rings is 2. The molecule has 3 rings (SSSR count). The molecule has 6 nitrogen and oxygen atoms in total. The second-order valence-electron chi connectivity index (χ2n) is 8.52. The number of fused-ring (bicyclic) bond motifs is 1. The summed E-state index contributed by atoms with van der Waals surface area (Å²) in [6.07, 6.45) is -0.178. The number of carbonyl (C=O) groups excluding carboxylic acids is 2. The van der Waals surface area contributed by atoms with Crippen LogP contribution in [0.1, 0.15) is 55.5 Å². The normalized spacial score (nSPS) is 15.7. The zero-order chi connectivity index (χ0) is 22.1. The van der Waals surface area contributed by atoms with Crippen LogP contribution in [0.25, 0.3) is 0 Å². The van der Waals surface area contributed by atoms with Gasteiger partial charge in [0.25, 0.3) is 0 Å². The summed E-state index contributed by atoms with van der Waals surface area (Å²) in [5.74, 6) is -0.0395. The molecule has 0 radical (unpaired) electrons. The molecule has 30 heavy (non-hydrogen) atoms. The first-order valence-corrected chi connectivity index (χ1v) is 10.1. The van der Waals surface area contributed by atoms with Gasteiger partial charge in [0.15, 0.2) is 0 Å². The molecular weight excluding hydrogens is 381 g/mol. The second-order valence-corrected chi connectivity index (χ2v) is 8.52. The standard InChI is InChI=1S/C23H28BNO5/c1-14-10-15(2)22(19(11-14)29-16(3)26)23(4,5)12-21(27)25-13-20-17-8-6-7-9-18(17)24(28)30-20/h6-11,20,28H,12-13H2,1-5H3,(H,25,27). The largest absolute Gasteiger partial charge is 0.492 e. The number of carbonyl (C=O) groups is 2. The quantitative estimate of drug-likeness (QED) is 0.435. The lowest BCUT2D eigenvalue weighted by Crippen LogP contribution is -2.34. The first-order valence-electron chi connectivity index (χ1n) is 10.1. The average molecular weight is 409 g/mol. The first-order chi connectivity index (χ1) is 14.1. The van der Waals surface area contributed by atoms with E-state index in [9.17, 15) is 14.6 Å². The third-order valence-electron chi connectivity index (χ3n) is 5.36. The molecule has 1 aliphatic rings. The average Bonchev–Trinajstić information content (AvgIpc) is 2.94. The van der Waals surface area contributed by atoms with Gasteiger partial charge in [-0.05, 0) is 42.1 Å². The van der Waals surface area contributed by atoms with E-state index in [1.165, 1.54) is 6.92 Å². The highest BCUT2D eigenvalue weighted by atomic mass is 16.5. The van der Waals surface area contributed by atoms with Gasteiger partial charge in [0.05, 0.1) is 6.10 Å². The second kappa shape index (κ2) is 8.62. The molecule has 1 aliphatic heterocycles. The third-order valence-corrected chi connectivity index (χ3v) is 5.36. The van der Waals surface area contributed by atoms with Crippen LogP contribution in [-0.2, 0) is 19.7 Å². The van der Waals surface area contributed by atoms with Crippen molar-refractivity contribution >= 4 is 24.5 Å². The van der Waals surface area contributed by atoms with Gasteiger partial charge in [-0.25, -0.2) is 0 Å². The number of amides is 1. The zero-order valence-electron chi connectivity index (χ0n) is 18.1. The fraction of sp³-hybridized carbons (Fsp3) is 0.391. The van der Waals surface area contributed by atoms with Crippen molar-refractivity contribution in [2.75, 3.05) is 6.54 Å². The van der Waals surface area contributed by atoms with E-state index >= 15 is 0 Å². The van der Waals surface area contributed by atoms with Crippen molar-refractivity contribution in [2.24, 2.45) is 0 Å². The number of aryl methyl sites for hydroxylation is 2. The van der Waals surface area contributed by atoms with Gasteiger partial charge in [-0.15, -0.1) is 0 Å². The molecule has 2 aromatic rings. The van der Waals surface area contributed by atoms with E-state index in [0.29, 0.717) is 5.75 Å². The Morgan fingerprint density at radius 3 is 2.63 bits per heavy atom. The Kier molecular flexibility index (Phi) is 6.34. The maximum absolute atomic E-state index is 12.8. The van der Waals surface area contributed by atoms with E-state index in [0.717, 1.165) is 27.7 Å². The fourth-order valence-electron chi connectivity index (χ4n) is 4.28. The molecule has 1 unspecified atom stereocenters. The third kappa shape index (κ3) is 4.74. The number of hydrogen-bond acceptors (Lipinski definition) is 5. The number of nitrogens with one attached hydrogen (secondary N) is 1. The summed E-state index contributed by atoms with van der Waals surface area (Å²) in [5, 5.41) is 13.0. The summed E-state index contributed by atoms with van der Waals surface area (Å²) in [7, 11) is -0.971. The summed E-state index contributed by atoms with van der Waals surface area (Å²) in [4.78, 5) is 24.3. The van der Waals surface area contributed by atoms with Crippen LogP contribution in [0.5, 0.6) is 5.75 Å².